The van der Waals surface area contributed by atoms with Crippen molar-refractivity contribution in [2.24, 2.45) is 0 Å². The predicted molar refractivity (Wildman–Crippen MR) is 76.5 cm³/mol. The van der Waals surface area contributed by atoms with Crippen LogP contribution in [0, 0.1) is 11.6 Å². The smallest absolute Gasteiger partial charge is 0.251 e. The van der Waals surface area contributed by atoms with Gasteiger partial charge >= 0.3 is 0 Å². The predicted octanol–water partition coefficient (Wildman–Crippen LogP) is 3.58. The van der Waals surface area contributed by atoms with Gasteiger partial charge in [-0.15, -0.1) is 11.6 Å². The Kier molecular flexibility index (Phi) is 3.64. The van der Waals surface area contributed by atoms with Gasteiger partial charge in [0.15, 0.2) is 0 Å². The summed E-state index contributed by atoms with van der Waals surface area (Å²) < 4.78 is 26.6. The zero-order valence-corrected chi connectivity index (χ0v) is 11.8. The van der Waals surface area contributed by atoms with Gasteiger partial charge in [-0.3, -0.25) is 4.79 Å². The Morgan fingerprint density at radius 2 is 1.76 bits per heavy atom. The lowest BCUT2D eigenvalue weighted by molar-refractivity contribution is 0.0946. The molecule has 0 fully saturated rings. The second kappa shape index (κ2) is 5.45. The number of fused-ring (bicyclic) bond motifs is 1. The van der Waals surface area contributed by atoms with Crippen molar-refractivity contribution in [2.75, 3.05) is 6.54 Å². The molecule has 2 aromatic carbocycles. The SMILES string of the molecule is O=C1NCCc2ccc(C(Cl)c3cc(F)cc(F)c3)cc21. The molecule has 3 rings (SSSR count). The van der Waals surface area contributed by atoms with Crippen LogP contribution in [-0.4, -0.2) is 12.5 Å². The first-order valence-corrected chi connectivity index (χ1v) is 6.99. The Labute approximate surface area is 125 Å². The summed E-state index contributed by atoms with van der Waals surface area (Å²) in [7, 11) is 0. The van der Waals surface area contributed by atoms with Crippen LogP contribution in [-0.2, 0) is 6.42 Å². The molecule has 1 N–H and O–H groups in total. The van der Waals surface area contributed by atoms with Gasteiger partial charge in [0.05, 0.1) is 5.38 Å². The number of amides is 1. The third kappa shape index (κ3) is 2.76. The minimum Gasteiger partial charge on any atom is -0.352 e. The van der Waals surface area contributed by atoms with Crippen LogP contribution in [0.1, 0.15) is 32.4 Å². The molecule has 1 heterocycles. The summed E-state index contributed by atoms with van der Waals surface area (Å²) in [5.74, 6) is -1.50. The summed E-state index contributed by atoms with van der Waals surface area (Å²) in [5, 5.41) is 2.05. The lowest BCUT2D eigenvalue weighted by Crippen LogP contribution is -2.31. The lowest BCUT2D eigenvalue weighted by Gasteiger charge is -2.19. The Balaban J connectivity index is 2.00. The van der Waals surface area contributed by atoms with E-state index in [1.54, 1.807) is 12.1 Å². The first-order chi connectivity index (χ1) is 10.0. The van der Waals surface area contributed by atoms with Crippen LogP contribution < -0.4 is 5.32 Å². The standard InChI is InChI=1S/C16H12ClF2NO/c17-15(11-5-12(18)8-13(19)6-11)10-2-1-9-3-4-20-16(21)14(9)7-10/h1-2,5-8,15H,3-4H2,(H,20,21). The number of hydrogen-bond acceptors (Lipinski definition) is 1. The zero-order chi connectivity index (χ0) is 15.0. The fraction of sp³-hybridized carbons (Fsp3) is 0.188. The van der Waals surface area contributed by atoms with E-state index < -0.39 is 17.0 Å². The van der Waals surface area contributed by atoms with Crippen molar-refractivity contribution in [1.82, 2.24) is 5.32 Å². The molecule has 0 aromatic heterocycles. The highest BCUT2D eigenvalue weighted by Crippen LogP contribution is 2.31. The van der Waals surface area contributed by atoms with Gasteiger partial charge in [-0.1, -0.05) is 12.1 Å². The molecule has 0 radical (unpaired) electrons. The van der Waals surface area contributed by atoms with Gasteiger partial charge in [-0.05, 0) is 41.3 Å². The fourth-order valence-corrected chi connectivity index (χ4v) is 2.76. The van der Waals surface area contributed by atoms with Crippen molar-refractivity contribution in [3.05, 3.63) is 70.3 Å². The zero-order valence-electron chi connectivity index (χ0n) is 11.0. The molecule has 1 atom stereocenters. The topological polar surface area (TPSA) is 29.1 Å². The Morgan fingerprint density at radius 1 is 1.05 bits per heavy atom. The summed E-state index contributed by atoms with van der Waals surface area (Å²) >= 11 is 6.30. The maximum absolute atomic E-state index is 13.3. The molecule has 21 heavy (non-hydrogen) atoms. The molecular weight excluding hydrogens is 296 g/mol. The second-order valence-electron chi connectivity index (χ2n) is 4.99. The van der Waals surface area contributed by atoms with Crippen molar-refractivity contribution in [1.29, 1.82) is 0 Å². The fourth-order valence-electron chi connectivity index (χ4n) is 2.50. The molecule has 2 nitrogen and oxygen atoms in total. The van der Waals surface area contributed by atoms with Gasteiger partial charge in [0.1, 0.15) is 11.6 Å². The molecule has 108 valence electrons. The summed E-state index contributed by atoms with van der Waals surface area (Å²) in [4.78, 5) is 11.8. The van der Waals surface area contributed by atoms with Gasteiger partial charge in [0.25, 0.3) is 5.91 Å². The van der Waals surface area contributed by atoms with E-state index in [1.165, 1.54) is 12.1 Å². The number of alkyl halides is 1. The highest BCUT2D eigenvalue weighted by Gasteiger charge is 2.20. The molecule has 0 saturated heterocycles. The summed E-state index contributed by atoms with van der Waals surface area (Å²) in [6.07, 6.45) is 0.767. The first kappa shape index (κ1) is 14.0. The van der Waals surface area contributed by atoms with Crippen molar-refractivity contribution >= 4 is 17.5 Å². The lowest BCUT2D eigenvalue weighted by atomic mass is 9.95. The van der Waals surface area contributed by atoms with Crippen LogP contribution in [0.5, 0.6) is 0 Å². The third-order valence-corrected chi connectivity index (χ3v) is 4.03. The maximum Gasteiger partial charge on any atom is 0.251 e. The normalized spacial score (nSPS) is 15.3. The maximum atomic E-state index is 13.3. The number of benzene rings is 2. The Morgan fingerprint density at radius 3 is 2.48 bits per heavy atom. The van der Waals surface area contributed by atoms with E-state index in [4.69, 9.17) is 11.6 Å². The number of nitrogens with one attached hydrogen (secondary N) is 1. The van der Waals surface area contributed by atoms with E-state index in [0.717, 1.165) is 18.1 Å². The number of rotatable bonds is 2. The molecule has 1 amide bonds. The number of hydrogen-bond donors (Lipinski definition) is 1. The van der Waals surface area contributed by atoms with Crippen molar-refractivity contribution < 1.29 is 13.6 Å². The van der Waals surface area contributed by atoms with Crippen LogP contribution in [0.3, 0.4) is 0 Å². The van der Waals surface area contributed by atoms with E-state index in [0.29, 0.717) is 23.2 Å². The van der Waals surface area contributed by atoms with E-state index in [2.05, 4.69) is 5.32 Å². The molecule has 2 aromatic rings. The van der Waals surface area contributed by atoms with Crippen LogP contribution >= 0.6 is 11.6 Å². The minimum absolute atomic E-state index is 0.146. The Hall–Kier alpha value is -1.94. The number of carbonyl (C=O) groups excluding carboxylic acids is 1. The van der Waals surface area contributed by atoms with Crippen molar-refractivity contribution in [3.63, 3.8) is 0 Å². The number of carbonyl (C=O) groups is 1. The quantitative estimate of drug-likeness (QED) is 0.844. The van der Waals surface area contributed by atoms with Crippen molar-refractivity contribution in [2.45, 2.75) is 11.8 Å². The van der Waals surface area contributed by atoms with Crippen LogP contribution in [0.4, 0.5) is 8.78 Å². The van der Waals surface area contributed by atoms with Crippen LogP contribution in [0.15, 0.2) is 36.4 Å². The Bertz CT molecular complexity index is 697. The first-order valence-electron chi connectivity index (χ1n) is 6.55. The largest absolute Gasteiger partial charge is 0.352 e. The van der Waals surface area contributed by atoms with Gasteiger partial charge in [-0.2, -0.15) is 0 Å². The average Bonchev–Trinajstić information content (AvgIpc) is 2.45. The summed E-state index contributed by atoms with van der Waals surface area (Å²) in [6, 6.07) is 8.50. The van der Waals surface area contributed by atoms with Gasteiger partial charge in [0.2, 0.25) is 0 Å². The molecular formula is C16H12ClF2NO. The highest BCUT2D eigenvalue weighted by atomic mass is 35.5. The molecule has 0 spiro atoms. The summed E-state index contributed by atoms with van der Waals surface area (Å²) in [5.41, 5.74) is 2.49. The molecule has 1 aliphatic heterocycles. The van der Waals surface area contributed by atoms with Gasteiger partial charge in [0, 0.05) is 18.2 Å². The van der Waals surface area contributed by atoms with E-state index in [1.807, 2.05) is 6.07 Å². The van der Waals surface area contributed by atoms with E-state index in [-0.39, 0.29) is 5.91 Å². The second-order valence-corrected chi connectivity index (χ2v) is 5.42. The molecule has 1 unspecified atom stereocenters. The molecule has 5 heteroatoms. The van der Waals surface area contributed by atoms with E-state index in [9.17, 15) is 13.6 Å². The summed E-state index contributed by atoms with van der Waals surface area (Å²) in [6.45, 7) is 0.616. The molecule has 1 aliphatic rings. The highest BCUT2D eigenvalue weighted by molar-refractivity contribution is 6.22. The average molecular weight is 308 g/mol. The van der Waals surface area contributed by atoms with E-state index >= 15 is 0 Å². The molecule has 0 saturated carbocycles. The minimum atomic E-state index is -0.713. The van der Waals surface area contributed by atoms with Gasteiger partial charge < -0.3 is 5.32 Å². The molecule has 0 bridgehead atoms. The third-order valence-electron chi connectivity index (χ3n) is 3.53. The van der Waals surface area contributed by atoms with Crippen LogP contribution in [0.25, 0.3) is 0 Å². The van der Waals surface area contributed by atoms with Crippen LogP contribution in [0.2, 0.25) is 0 Å². The number of halogens is 3. The molecule has 0 aliphatic carbocycles. The monoisotopic (exact) mass is 307 g/mol. The van der Waals surface area contributed by atoms with Gasteiger partial charge in [-0.25, -0.2) is 8.78 Å². The van der Waals surface area contributed by atoms with Crippen molar-refractivity contribution in [3.8, 4) is 0 Å².